The van der Waals surface area contributed by atoms with Crippen molar-refractivity contribution in [3.63, 3.8) is 0 Å². The molecule has 0 bridgehead atoms. The molecule has 0 fully saturated rings. The molecule has 1 N–H and O–H groups in total. The highest BCUT2D eigenvalue weighted by atomic mass is 16.5. The Hall–Kier alpha value is -4.22. The Morgan fingerprint density at radius 3 is 2.03 bits per heavy atom. The van der Waals surface area contributed by atoms with Gasteiger partial charge in [0.15, 0.2) is 0 Å². The lowest BCUT2D eigenvalue weighted by atomic mass is 10.0. The number of ether oxygens (including phenoxy) is 3. The van der Waals surface area contributed by atoms with E-state index in [2.05, 4.69) is 0 Å². The topological polar surface area (TPSA) is 93.7 Å². The molecule has 0 aliphatic carbocycles. The minimum atomic E-state index is -0.758. The molecule has 1 aromatic heterocycles. The van der Waals surface area contributed by atoms with Crippen LogP contribution in [-0.4, -0.2) is 29.5 Å². The first-order valence-corrected chi connectivity index (χ1v) is 11.9. The molecule has 0 saturated carbocycles. The number of nitrogens with zero attached hydrogens (tertiary/aromatic N) is 2. The number of aromatic nitrogens is 1. The van der Waals surface area contributed by atoms with Gasteiger partial charge in [0.1, 0.15) is 29.6 Å². The number of benzene rings is 3. The van der Waals surface area contributed by atoms with Gasteiger partial charge in [-0.15, -0.1) is 0 Å². The Morgan fingerprint density at radius 2 is 1.49 bits per heavy atom. The van der Waals surface area contributed by atoms with E-state index in [1.54, 1.807) is 37.6 Å². The van der Waals surface area contributed by atoms with Gasteiger partial charge in [-0.3, -0.25) is 9.36 Å². The molecule has 7 heteroatoms. The highest BCUT2D eigenvalue weighted by molar-refractivity contribution is 5.41. The number of nitriles is 1. The van der Waals surface area contributed by atoms with Crippen LogP contribution in [-0.2, 0) is 22.7 Å². The van der Waals surface area contributed by atoms with Crippen molar-refractivity contribution < 1.29 is 19.3 Å². The summed E-state index contributed by atoms with van der Waals surface area (Å²) in [6.07, 6.45) is 0.123. The van der Waals surface area contributed by atoms with Gasteiger partial charge in [-0.25, -0.2) is 0 Å². The van der Waals surface area contributed by atoms with Gasteiger partial charge >= 0.3 is 0 Å². The van der Waals surface area contributed by atoms with E-state index < -0.39 is 17.8 Å². The number of hydrogen-bond donors (Lipinski definition) is 1. The van der Waals surface area contributed by atoms with E-state index >= 15 is 0 Å². The summed E-state index contributed by atoms with van der Waals surface area (Å²) < 4.78 is 19.0. The fraction of sp³-hybridized carbons (Fsp3) is 0.200. The molecule has 0 amide bonds. The quantitative estimate of drug-likeness (QED) is 0.327. The van der Waals surface area contributed by atoms with Gasteiger partial charge in [0.2, 0.25) is 0 Å². The molecule has 0 aliphatic heterocycles. The Balaban J connectivity index is 1.72. The number of aliphatic hydroxyl groups is 1. The summed E-state index contributed by atoms with van der Waals surface area (Å²) in [5.74, 6) is 0.646. The van der Waals surface area contributed by atoms with Crippen molar-refractivity contribution in [1.82, 2.24) is 4.57 Å². The first kappa shape index (κ1) is 25.9. The highest BCUT2D eigenvalue weighted by Gasteiger charge is 2.27. The molecule has 0 aliphatic rings. The molecule has 0 saturated heterocycles. The van der Waals surface area contributed by atoms with E-state index in [0.29, 0.717) is 17.0 Å². The molecule has 3 aromatic carbocycles. The summed E-state index contributed by atoms with van der Waals surface area (Å²) >= 11 is 0. The van der Waals surface area contributed by atoms with Gasteiger partial charge in [-0.2, -0.15) is 5.26 Å². The third-order valence-electron chi connectivity index (χ3n) is 5.93. The molecule has 4 aromatic rings. The van der Waals surface area contributed by atoms with Gasteiger partial charge in [-0.1, -0.05) is 60.7 Å². The lowest BCUT2D eigenvalue weighted by Crippen LogP contribution is -2.30. The molecule has 2 atom stereocenters. The molecule has 0 radical (unpaired) electrons. The maximum absolute atomic E-state index is 13.0. The summed E-state index contributed by atoms with van der Waals surface area (Å²) in [4.78, 5) is 13.0. The van der Waals surface area contributed by atoms with Gasteiger partial charge in [0, 0.05) is 17.4 Å². The SMILES string of the molecule is COc1ccc(-n2cc([C@@H](OCc3ccccc3)[C@@H](CO)OCc3ccccc3)cc(C#N)c2=O)cc1. The van der Waals surface area contributed by atoms with Crippen molar-refractivity contribution in [2.75, 3.05) is 13.7 Å². The smallest absolute Gasteiger partial charge is 0.273 e. The maximum atomic E-state index is 13.0. The second-order valence-corrected chi connectivity index (χ2v) is 8.41. The third-order valence-corrected chi connectivity index (χ3v) is 5.93. The Bertz CT molecular complexity index is 1380. The van der Waals surface area contributed by atoms with E-state index in [1.807, 2.05) is 66.7 Å². The molecule has 188 valence electrons. The van der Waals surface area contributed by atoms with Crippen LogP contribution in [0.4, 0.5) is 0 Å². The monoisotopic (exact) mass is 496 g/mol. The van der Waals surface area contributed by atoms with Crippen LogP contribution in [0.5, 0.6) is 5.75 Å². The molecular formula is C30H28N2O5. The minimum Gasteiger partial charge on any atom is -0.497 e. The van der Waals surface area contributed by atoms with Crippen molar-refractivity contribution in [2.24, 2.45) is 0 Å². The first-order chi connectivity index (χ1) is 18.1. The lowest BCUT2D eigenvalue weighted by molar-refractivity contribution is -0.106. The number of aliphatic hydroxyl groups excluding tert-OH is 1. The van der Waals surface area contributed by atoms with Crippen molar-refractivity contribution in [3.05, 3.63) is 130 Å². The van der Waals surface area contributed by atoms with Crippen LogP contribution in [0.1, 0.15) is 28.4 Å². The van der Waals surface area contributed by atoms with Crippen LogP contribution in [0, 0.1) is 11.3 Å². The third kappa shape index (κ3) is 6.51. The largest absolute Gasteiger partial charge is 0.497 e. The van der Waals surface area contributed by atoms with Gasteiger partial charge in [-0.05, 0) is 41.5 Å². The maximum Gasteiger partial charge on any atom is 0.273 e. The summed E-state index contributed by atoms with van der Waals surface area (Å²) in [5.41, 5.74) is 2.50. The summed E-state index contributed by atoms with van der Waals surface area (Å²) in [5, 5.41) is 20.0. The fourth-order valence-corrected chi connectivity index (χ4v) is 3.97. The van der Waals surface area contributed by atoms with Crippen LogP contribution in [0.25, 0.3) is 5.69 Å². The first-order valence-electron chi connectivity index (χ1n) is 11.9. The van der Waals surface area contributed by atoms with Gasteiger partial charge in [0.25, 0.3) is 5.56 Å². The second-order valence-electron chi connectivity index (χ2n) is 8.41. The van der Waals surface area contributed by atoms with Crippen LogP contribution >= 0.6 is 0 Å². The number of methoxy groups -OCH3 is 1. The number of hydrogen-bond acceptors (Lipinski definition) is 6. The molecule has 4 rings (SSSR count). The lowest BCUT2D eigenvalue weighted by Gasteiger charge is -2.27. The number of pyridine rings is 1. The minimum absolute atomic E-state index is 0.0404. The number of rotatable bonds is 11. The van der Waals surface area contributed by atoms with Crippen LogP contribution in [0.15, 0.2) is 102 Å². The van der Waals surface area contributed by atoms with Gasteiger partial charge < -0.3 is 19.3 Å². The standard InChI is InChI=1S/C30H28N2O5/c1-35-27-14-12-26(13-15-27)32-18-25(16-24(17-31)30(32)34)29(37-21-23-10-6-3-7-11-23)28(19-33)36-20-22-8-4-2-5-9-22/h2-16,18,28-29,33H,19-21H2,1H3/t28-,29-/m1/s1. The second kappa shape index (κ2) is 12.7. The molecule has 0 spiro atoms. The van der Waals surface area contributed by atoms with Crippen molar-refractivity contribution in [2.45, 2.75) is 25.4 Å². The van der Waals surface area contributed by atoms with Crippen molar-refractivity contribution in [1.29, 1.82) is 5.26 Å². The zero-order valence-electron chi connectivity index (χ0n) is 20.5. The summed E-state index contributed by atoms with van der Waals surface area (Å²) in [6, 6.07) is 29.7. The summed E-state index contributed by atoms with van der Waals surface area (Å²) in [7, 11) is 1.56. The Labute approximate surface area is 215 Å². The molecule has 7 nitrogen and oxygen atoms in total. The van der Waals surface area contributed by atoms with Crippen LogP contribution in [0.3, 0.4) is 0 Å². The normalized spacial score (nSPS) is 12.5. The van der Waals surface area contributed by atoms with Crippen LogP contribution in [0.2, 0.25) is 0 Å². The summed E-state index contributed by atoms with van der Waals surface area (Å²) in [6.45, 7) is 0.191. The zero-order chi connectivity index (χ0) is 26.0. The Morgan fingerprint density at radius 1 is 0.892 bits per heavy atom. The van der Waals surface area contributed by atoms with Crippen molar-refractivity contribution >= 4 is 0 Å². The van der Waals surface area contributed by atoms with E-state index in [0.717, 1.165) is 11.1 Å². The average molecular weight is 497 g/mol. The predicted molar refractivity (Wildman–Crippen MR) is 139 cm³/mol. The van der Waals surface area contributed by atoms with E-state index in [9.17, 15) is 15.2 Å². The average Bonchev–Trinajstić information content (AvgIpc) is 2.96. The molecular weight excluding hydrogens is 468 g/mol. The molecule has 1 heterocycles. The molecule has 37 heavy (non-hydrogen) atoms. The van der Waals surface area contributed by atoms with E-state index in [1.165, 1.54) is 10.6 Å². The van der Waals surface area contributed by atoms with E-state index in [-0.39, 0.29) is 25.4 Å². The molecule has 0 unspecified atom stereocenters. The van der Waals surface area contributed by atoms with Gasteiger partial charge in [0.05, 0.1) is 26.9 Å². The van der Waals surface area contributed by atoms with Crippen molar-refractivity contribution in [3.8, 4) is 17.5 Å². The fourth-order valence-electron chi connectivity index (χ4n) is 3.97. The predicted octanol–water partition coefficient (Wildman–Crippen LogP) is 4.55. The van der Waals surface area contributed by atoms with Crippen LogP contribution < -0.4 is 10.3 Å². The Kier molecular flexibility index (Phi) is 8.84. The van der Waals surface area contributed by atoms with E-state index in [4.69, 9.17) is 14.2 Å². The highest BCUT2D eigenvalue weighted by Crippen LogP contribution is 2.27. The zero-order valence-corrected chi connectivity index (χ0v) is 20.5.